The third kappa shape index (κ3) is 3.34. The number of benzene rings is 1. The molecule has 0 saturated carbocycles. The van der Waals surface area contributed by atoms with E-state index in [0.717, 1.165) is 0 Å². The Morgan fingerprint density at radius 3 is 2.85 bits per heavy atom. The van der Waals surface area contributed by atoms with Gasteiger partial charge in [-0.25, -0.2) is 0 Å². The molecule has 0 aliphatic carbocycles. The summed E-state index contributed by atoms with van der Waals surface area (Å²) in [4.78, 5) is 0. The van der Waals surface area contributed by atoms with Crippen LogP contribution in [0.5, 0.6) is 11.5 Å². The zero-order valence-corrected chi connectivity index (χ0v) is 7.60. The lowest BCUT2D eigenvalue weighted by Gasteiger charge is -2.10. The molecule has 0 heterocycles. The molecule has 13 heavy (non-hydrogen) atoms. The number of ether oxygens (including phenoxy) is 1. The average molecular weight is 182 g/mol. The Morgan fingerprint density at radius 2 is 2.23 bits per heavy atom. The molecule has 3 heteroatoms. The first kappa shape index (κ1) is 9.86. The molecule has 2 N–H and O–H groups in total. The van der Waals surface area contributed by atoms with E-state index in [4.69, 9.17) is 14.9 Å². The first-order chi connectivity index (χ1) is 6.22. The Kier molecular flexibility index (Phi) is 3.58. The number of rotatable bonds is 4. The van der Waals surface area contributed by atoms with Crippen molar-refractivity contribution in [1.29, 1.82) is 0 Å². The van der Waals surface area contributed by atoms with Gasteiger partial charge < -0.3 is 14.9 Å². The molecule has 0 fully saturated rings. The molecule has 0 spiro atoms. The number of phenols is 1. The van der Waals surface area contributed by atoms with Gasteiger partial charge in [-0.2, -0.15) is 0 Å². The van der Waals surface area contributed by atoms with Crippen LogP contribution in [0.2, 0.25) is 0 Å². The minimum atomic E-state index is 0.110. The van der Waals surface area contributed by atoms with Crippen LogP contribution < -0.4 is 4.74 Å². The minimum Gasteiger partial charge on any atom is -0.508 e. The summed E-state index contributed by atoms with van der Waals surface area (Å²) in [6, 6.07) is 6.62. The fraction of sp³-hybridized carbons (Fsp3) is 0.400. The van der Waals surface area contributed by atoms with Gasteiger partial charge in [0.05, 0.1) is 6.61 Å². The van der Waals surface area contributed by atoms with Gasteiger partial charge in [0.25, 0.3) is 0 Å². The standard InChI is InChI=1S/C10H14O3/c1-8(6-11)7-13-10-4-2-3-9(12)5-10/h2-5,8,11-12H,6-7H2,1H3. The molecule has 72 valence electrons. The van der Waals surface area contributed by atoms with E-state index >= 15 is 0 Å². The molecule has 1 atom stereocenters. The highest BCUT2D eigenvalue weighted by Gasteiger charge is 2.01. The third-order valence-electron chi connectivity index (χ3n) is 1.66. The smallest absolute Gasteiger partial charge is 0.122 e. The maximum atomic E-state index is 9.11. The van der Waals surface area contributed by atoms with E-state index < -0.39 is 0 Å². The van der Waals surface area contributed by atoms with Gasteiger partial charge in [-0.3, -0.25) is 0 Å². The maximum Gasteiger partial charge on any atom is 0.122 e. The molecule has 0 aliphatic rings. The van der Waals surface area contributed by atoms with Crippen LogP contribution in [0.3, 0.4) is 0 Å². The van der Waals surface area contributed by atoms with Crippen molar-refractivity contribution in [3.8, 4) is 11.5 Å². The van der Waals surface area contributed by atoms with E-state index in [-0.39, 0.29) is 18.3 Å². The summed E-state index contributed by atoms with van der Waals surface area (Å²) in [5.74, 6) is 0.928. The van der Waals surface area contributed by atoms with E-state index in [1.165, 1.54) is 0 Å². The zero-order chi connectivity index (χ0) is 9.68. The molecule has 1 rings (SSSR count). The second-order valence-electron chi connectivity index (χ2n) is 3.10. The number of aromatic hydroxyl groups is 1. The topological polar surface area (TPSA) is 49.7 Å². The molecule has 1 aromatic rings. The zero-order valence-electron chi connectivity index (χ0n) is 7.60. The third-order valence-corrected chi connectivity index (χ3v) is 1.66. The normalized spacial score (nSPS) is 12.5. The van der Waals surface area contributed by atoms with Crippen molar-refractivity contribution in [2.45, 2.75) is 6.92 Å². The van der Waals surface area contributed by atoms with E-state index in [2.05, 4.69) is 0 Å². The van der Waals surface area contributed by atoms with Gasteiger partial charge in [0.2, 0.25) is 0 Å². The van der Waals surface area contributed by atoms with Crippen LogP contribution in [0.1, 0.15) is 6.92 Å². The second-order valence-corrected chi connectivity index (χ2v) is 3.10. The highest BCUT2D eigenvalue weighted by Crippen LogP contribution is 2.17. The van der Waals surface area contributed by atoms with E-state index in [9.17, 15) is 0 Å². The Bertz CT molecular complexity index is 260. The fourth-order valence-electron chi connectivity index (χ4n) is 0.864. The Balaban J connectivity index is 2.45. The largest absolute Gasteiger partial charge is 0.508 e. The molecule has 0 amide bonds. The molecule has 0 aromatic heterocycles. The van der Waals surface area contributed by atoms with E-state index in [1.54, 1.807) is 24.3 Å². The van der Waals surface area contributed by atoms with Crippen molar-refractivity contribution in [1.82, 2.24) is 0 Å². The quantitative estimate of drug-likeness (QED) is 0.740. The molecule has 1 unspecified atom stereocenters. The number of aliphatic hydroxyl groups excluding tert-OH is 1. The van der Waals surface area contributed by atoms with Crippen molar-refractivity contribution in [2.75, 3.05) is 13.2 Å². The van der Waals surface area contributed by atoms with Gasteiger partial charge in [-0.15, -0.1) is 0 Å². The Morgan fingerprint density at radius 1 is 1.46 bits per heavy atom. The SMILES string of the molecule is CC(CO)COc1cccc(O)c1. The van der Waals surface area contributed by atoms with Crippen LogP contribution in [0.15, 0.2) is 24.3 Å². The van der Waals surface area contributed by atoms with Gasteiger partial charge in [-0.1, -0.05) is 13.0 Å². The van der Waals surface area contributed by atoms with Crippen molar-refractivity contribution in [2.24, 2.45) is 5.92 Å². The lowest BCUT2D eigenvalue weighted by atomic mass is 10.2. The predicted molar refractivity (Wildman–Crippen MR) is 49.9 cm³/mol. The molecular weight excluding hydrogens is 168 g/mol. The van der Waals surface area contributed by atoms with Crippen LogP contribution >= 0.6 is 0 Å². The van der Waals surface area contributed by atoms with Crippen LogP contribution in [0.4, 0.5) is 0 Å². The average Bonchev–Trinajstić information content (AvgIpc) is 2.14. The first-order valence-corrected chi connectivity index (χ1v) is 4.25. The number of aliphatic hydroxyl groups is 1. The summed E-state index contributed by atoms with van der Waals surface area (Å²) in [7, 11) is 0. The Labute approximate surface area is 77.6 Å². The summed E-state index contributed by atoms with van der Waals surface area (Å²) < 4.78 is 5.32. The van der Waals surface area contributed by atoms with Gasteiger partial charge >= 0.3 is 0 Å². The van der Waals surface area contributed by atoms with Crippen molar-refractivity contribution in [3.63, 3.8) is 0 Å². The van der Waals surface area contributed by atoms with Crippen molar-refractivity contribution in [3.05, 3.63) is 24.3 Å². The van der Waals surface area contributed by atoms with Gasteiger partial charge in [0.1, 0.15) is 11.5 Å². The van der Waals surface area contributed by atoms with Crippen LogP contribution in [-0.2, 0) is 0 Å². The van der Waals surface area contributed by atoms with Gasteiger partial charge in [-0.05, 0) is 12.1 Å². The molecule has 0 bridgehead atoms. The predicted octanol–water partition coefficient (Wildman–Crippen LogP) is 1.40. The molecule has 0 radical (unpaired) electrons. The Hall–Kier alpha value is -1.22. The summed E-state index contributed by atoms with van der Waals surface area (Å²) in [5.41, 5.74) is 0. The summed E-state index contributed by atoms with van der Waals surface area (Å²) in [6.45, 7) is 2.46. The van der Waals surface area contributed by atoms with E-state index in [0.29, 0.717) is 12.4 Å². The number of hydrogen-bond acceptors (Lipinski definition) is 3. The van der Waals surface area contributed by atoms with E-state index in [1.807, 2.05) is 6.92 Å². The molecule has 3 nitrogen and oxygen atoms in total. The number of hydrogen-bond donors (Lipinski definition) is 2. The molecule has 0 saturated heterocycles. The maximum absolute atomic E-state index is 9.11. The molecular formula is C10H14O3. The van der Waals surface area contributed by atoms with Gasteiger partial charge in [0.15, 0.2) is 0 Å². The minimum absolute atomic E-state index is 0.110. The summed E-state index contributed by atoms with van der Waals surface area (Å²) in [6.07, 6.45) is 0. The van der Waals surface area contributed by atoms with Crippen LogP contribution in [0.25, 0.3) is 0 Å². The lowest BCUT2D eigenvalue weighted by Crippen LogP contribution is -2.11. The molecule has 1 aromatic carbocycles. The van der Waals surface area contributed by atoms with Crippen molar-refractivity contribution >= 4 is 0 Å². The molecule has 0 aliphatic heterocycles. The summed E-state index contributed by atoms with van der Waals surface area (Å²) >= 11 is 0. The van der Waals surface area contributed by atoms with Gasteiger partial charge in [0, 0.05) is 18.6 Å². The second kappa shape index (κ2) is 4.72. The highest BCUT2D eigenvalue weighted by molar-refractivity contribution is 5.31. The van der Waals surface area contributed by atoms with Crippen LogP contribution in [0, 0.1) is 5.92 Å². The monoisotopic (exact) mass is 182 g/mol. The summed E-state index contributed by atoms with van der Waals surface area (Å²) in [5, 5.41) is 17.8. The lowest BCUT2D eigenvalue weighted by molar-refractivity contribution is 0.174. The fourth-order valence-corrected chi connectivity index (χ4v) is 0.864. The van der Waals surface area contributed by atoms with Crippen LogP contribution in [-0.4, -0.2) is 23.4 Å². The van der Waals surface area contributed by atoms with Crippen molar-refractivity contribution < 1.29 is 14.9 Å². The first-order valence-electron chi connectivity index (χ1n) is 4.25. The number of phenolic OH excluding ortho intramolecular Hbond substituents is 1. The highest BCUT2D eigenvalue weighted by atomic mass is 16.5.